The van der Waals surface area contributed by atoms with Gasteiger partial charge in [-0.05, 0) is 192 Å². The number of nitrogens with zero attached hydrogens (tertiary/aromatic N) is 4. The van der Waals surface area contributed by atoms with Crippen LogP contribution in [0.3, 0.4) is 0 Å². The molecule has 0 spiro atoms. The fourth-order valence-electron chi connectivity index (χ4n) is 9.40. The van der Waals surface area contributed by atoms with Crippen LogP contribution in [0.1, 0.15) is 152 Å². The third-order valence-corrected chi connectivity index (χ3v) is 12.2. The van der Waals surface area contributed by atoms with Crippen LogP contribution in [0.4, 0.5) is 0 Å². The fourth-order valence-corrected chi connectivity index (χ4v) is 9.40. The minimum Gasteiger partial charge on any atom is -0.306 e. The van der Waals surface area contributed by atoms with E-state index in [-0.39, 0.29) is 0 Å². The predicted octanol–water partition coefficient (Wildman–Crippen LogP) is 10.4. The van der Waals surface area contributed by atoms with Crippen LogP contribution < -0.4 is 0 Å². The molecule has 0 aromatic carbocycles. The second kappa shape index (κ2) is 23.3. The van der Waals surface area contributed by atoms with Gasteiger partial charge in [0.05, 0.1) is 0 Å². The third kappa shape index (κ3) is 19.1. The minimum atomic E-state index is 0.881. The van der Waals surface area contributed by atoms with Gasteiger partial charge in [-0.25, -0.2) is 0 Å². The molecule has 2 bridgehead atoms. The summed E-state index contributed by atoms with van der Waals surface area (Å²) in [6.45, 7) is 26.6. The Kier molecular flexibility index (Phi) is 21.4. The minimum absolute atomic E-state index is 0.881. The molecular weight excluding hydrogens is 573 g/mol. The quantitative estimate of drug-likeness (QED) is 0.244. The molecule has 0 N–H and O–H groups in total. The van der Waals surface area contributed by atoms with E-state index >= 15 is 0 Å². The van der Waals surface area contributed by atoms with Crippen molar-refractivity contribution in [3.05, 3.63) is 0 Å². The predicted molar refractivity (Wildman–Crippen MR) is 210 cm³/mol. The molecule has 5 aliphatic rings. The monoisotopic (exact) mass is 661 g/mol. The average Bonchev–Trinajstić information content (AvgIpc) is 3.18. The maximum atomic E-state index is 2.64. The van der Waals surface area contributed by atoms with Crippen molar-refractivity contribution in [1.29, 1.82) is 0 Å². The average molecular weight is 661 g/mol. The number of likely N-dealkylation sites (tertiary alicyclic amines) is 3. The van der Waals surface area contributed by atoms with Crippen LogP contribution in [0.15, 0.2) is 0 Å². The highest BCUT2D eigenvalue weighted by atomic mass is 15.2. The third-order valence-electron chi connectivity index (χ3n) is 12.2. The lowest BCUT2D eigenvalue weighted by Gasteiger charge is -2.37. The summed E-state index contributed by atoms with van der Waals surface area (Å²) in [5.41, 5.74) is 0. The Morgan fingerprint density at radius 1 is 0.447 bits per heavy atom. The number of piperidine rings is 4. The fraction of sp³-hybridized carbons (Fsp3) is 1.00. The first-order valence-electron chi connectivity index (χ1n) is 21.0. The van der Waals surface area contributed by atoms with Crippen LogP contribution in [-0.2, 0) is 0 Å². The summed E-state index contributed by atoms with van der Waals surface area (Å²) in [5, 5.41) is 0. The van der Waals surface area contributed by atoms with Crippen molar-refractivity contribution < 1.29 is 0 Å². The lowest BCUT2D eigenvalue weighted by atomic mass is 9.85. The molecule has 5 rings (SSSR count). The van der Waals surface area contributed by atoms with E-state index in [0.717, 1.165) is 59.4 Å². The highest BCUT2D eigenvalue weighted by Crippen LogP contribution is 2.39. The Labute approximate surface area is 297 Å². The molecule has 4 heteroatoms. The van der Waals surface area contributed by atoms with Gasteiger partial charge in [-0.3, -0.25) is 0 Å². The van der Waals surface area contributed by atoms with Gasteiger partial charge in [-0.1, -0.05) is 68.2 Å². The van der Waals surface area contributed by atoms with E-state index in [4.69, 9.17) is 0 Å². The van der Waals surface area contributed by atoms with Gasteiger partial charge in [-0.15, -0.1) is 0 Å². The first-order valence-corrected chi connectivity index (χ1v) is 21.0. The SMILES string of the molecule is CC(C)CC1CC2CCC(C1)N2C.CC(C)CC1CCCN(C)C1.CC(C)CC1CCN(C)CC1.CC(C)CCC1CCN(C)CC1. The van der Waals surface area contributed by atoms with Crippen molar-refractivity contribution in [1.82, 2.24) is 19.6 Å². The van der Waals surface area contributed by atoms with E-state index in [9.17, 15) is 0 Å². The number of rotatable bonds is 9. The highest BCUT2D eigenvalue weighted by molar-refractivity contribution is 4.93. The molecule has 5 heterocycles. The van der Waals surface area contributed by atoms with Crippen LogP contribution >= 0.6 is 0 Å². The molecule has 4 nitrogen and oxygen atoms in total. The Morgan fingerprint density at radius 3 is 1.34 bits per heavy atom. The van der Waals surface area contributed by atoms with Crippen LogP contribution in [0.2, 0.25) is 0 Å². The standard InChI is InChI=1S/C12H23N.C11H23N.2C10H21N/c1-9(2)6-10-7-11-4-5-12(8-10)13(11)3;1-10(2)4-5-11-6-8-12(3)9-7-11;1-9(2)8-10-4-6-11(3)7-5-10;1-9(2)7-10-5-4-6-11(3)8-10/h9-12H,4-8H2,1-3H3;10-11H,4-9H2,1-3H3;2*9-10H,4-8H2,1-3H3. The summed E-state index contributed by atoms with van der Waals surface area (Å²) < 4.78 is 0. The normalized spacial score (nSPS) is 28.6. The molecule has 5 fully saturated rings. The zero-order valence-corrected chi connectivity index (χ0v) is 34.4. The molecule has 280 valence electrons. The lowest BCUT2D eigenvalue weighted by molar-refractivity contribution is 0.123. The van der Waals surface area contributed by atoms with Gasteiger partial charge in [0.2, 0.25) is 0 Å². The Morgan fingerprint density at radius 2 is 0.894 bits per heavy atom. The molecule has 0 aliphatic carbocycles. The molecule has 5 aliphatic heterocycles. The maximum absolute atomic E-state index is 2.64. The molecule has 0 aromatic rings. The molecule has 0 aromatic heterocycles. The van der Waals surface area contributed by atoms with Gasteiger partial charge in [0.15, 0.2) is 0 Å². The van der Waals surface area contributed by atoms with E-state index < -0.39 is 0 Å². The van der Waals surface area contributed by atoms with Crippen LogP contribution in [-0.4, -0.2) is 99.1 Å². The molecular formula is C43H88N4. The van der Waals surface area contributed by atoms with Crippen molar-refractivity contribution in [3.63, 3.8) is 0 Å². The van der Waals surface area contributed by atoms with Crippen molar-refractivity contribution in [3.8, 4) is 0 Å². The van der Waals surface area contributed by atoms with Crippen LogP contribution in [0.5, 0.6) is 0 Å². The number of hydrogen-bond acceptors (Lipinski definition) is 4. The maximum Gasteiger partial charge on any atom is 0.00983 e. The zero-order chi connectivity index (χ0) is 34.9. The van der Waals surface area contributed by atoms with Crippen LogP contribution in [0.25, 0.3) is 0 Å². The van der Waals surface area contributed by atoms with Crippen LogP contribution in [0, 0.1) is 47.3 Å². The van der Waals surface area contributed by atoms with E-state index in [1.807, 2.05) is 0 Å². The van der Waals surface area contributed by atoms with E-state index in [2.05, 4.69) is 103 Å². The molecule has 0 saturated carbocycles. The van der Waals surface area contributed by atoms with Crippen molar-refractivity contribution in [2.75, 3.05) is 67.5 Å². The smallest absolute Gasteiger partial charge is 0.00983 e. The summed E-state index contributed by atoms with van der Waals surface area (Å²) in [4.78, 5) is 10.00. The zero-order valence-electron chi connectivity index (χ0n) is 34.4. The van der Waals surface area contributed by atoms with Gasteiger partial charge in [0, 0.05) is 18.6 Å². The topological polar surface area (TPSA) is 13.0 Å². The van der Waals surface area contributed by atoms with Crippen molar-refractivity contribution in [2.45, 2.75) is 164 Å². The van der Waals surface area contributed by atoms with E-state index in [1.165, 1.54) is 136 Å². The number of hydrogen-bond donors (Lipinski definition) is 0. The Balaban J connectivity index is 0.000000219. The largest absolute Gasteiger partial charge is 0.306 e. The lowest BCUT2D eigenvalue weighted by Crippen LogP contribution is -2.40. The molecule has 0 amide bonds. The van der Waals surface area contributed by atoms with Gasteiger partial charge in [0.25, 0.3) is 0 Å². The first kappa shape index (κ1) is 43.0. The molecule has 3 atom stereocenters. The molecule has 5 saturated heterocycles. The summed E-state index contributed by atoms with van der Waals surface area (Å²) in [5.74, 6) is 7.63. The Bertz CT molecular complexity index is 733. The highest BCUT2D eigenvalue weighted by Gasteiger charge is 2.38. The summed E-state index contributed by atoms with van der Waals surface area (Å²) in [6.07, 6.45) is 21.7. The van der Waals surface area contributed by atoms with Gasteiger partial charge < -0.3 is 19.6 Å². The van der Waals surface area contributed by atoms with Crippen molar-refractivity contribution >= 4 is 0 Å². The van der Waals surface area contributed by atoms with Gasteiger partial charge in [0.1, 0.15) is 0 Å². The summed E-state index contributed by atoms with van der Waals surface area (Å²) in [6, 6.07) is 1.87. The molecule has 47 heavy (non-hydrogen) atoms. The second-order valence-electron chi connectivity index (χ2n) is 19.0. The first-order chi connectivity index (χ1) is 22.2. The van der Waals surface area contributed by atoms with Gasteiger partial charge >= 0.3 is 0 Å². The molecule has 0 radical (unpaired) electrons. The van der Waals surface area contributed by atoms with E-state index in [1.54, 1.807) is 0 Å². The second-order valence-corrected chi connectivity index (χ2v) is 19.0. The van der Waals surface area contributed by atoms with E-state index in [0.29, 0.717) is 0 Å². The van der Waals surface area contributed by atoms with Gasteiger partial charge in [-0.2, -0.15) is 0 Å². The van der Waals surface area contributed by atoms with Crippen molar-refractivity contribution in [2.24, 2.45) is 47.3 Å². The summed E-state index contributed by atoms with van der Waals surface area (Å²) >= 11 is 0. The summed E-state index contributed by atoms with van der Waals surface area (Å²) in [7, 11) is 9.03. The number of fused-ring (bicyclic) bond motifs is 2. The Hall–Kier alpha value is -0.160. The molecule has 3 unspecified atom stereocenters.